The normalized spacial score (nSPS) is 10.4. The summed E-state index contributed by atoms with van der Waals surface area (Å²) in [7, 11) is 0. The quantitative estimate of drug-likeness (QED) is 0.825. The molecule has 2 heteroatoms. The highest BCUT2D eigenvalue weighted by Gasteiger charge is 2.04. The van der Waals surface area contributed by atoms with Gasteiger partial charge in [0.25, 0.3) is 5.91 Å². The summed E-state index contributed by atoms with van der Waals surface area (Å²) in [6.07, 6.45) is 1.96. The fourth-order valence-corrected chi connectivity index (χ4v) is 2.41. The summed E-state index contributed by atoms with van der Waals surface area (Å²) in [5.74, 6) is 0.00984. The Morgan fingerprint density at radius 2 is 1.62 bits per heavy atom. The van der Waals surface area contributed by atoms with Crippen LogP contribution in [-0.2, 0) is 6.42 Å². The highest BCUT2D eigenvalue weighted by molar-refractivity contribution is 5.94. The number of carbonyl (C=O) groups is 1. The van der Waals surface area contributed by atoms with Gasteiger partial charge in [0.1, 0.15) is 0 Å². The Kier molecular flexibility index (Phi) is 5.15. The minimum atomic E-state index is 0.00984. The van der Waals surface area contributed by atoms with Gasteiger partial charge in [-0.25, -0.2) is 0 Å². The lowest BCUT2D eigenvalue weighted by molar-refractivity contribution is 0.0953. The highest BCUT2D eigenvalue weighted by Crippen LogP contribution is 2.12. The Morgan fingerprint density at radius 3 is 2.29 bits per heavy atom. The highest BCUT2D eigenvalue weighted by atomic mass is 16.1. The van der Waals surface area contributed by atoms with E-state index in [0.29, 0.717) is 6.54 Å². The number of rotatable bonds is 5. The number of benzene rings is 2. The Balaban J connectivity index is 1.79. The van der Waals surface area contributed by atoms with E-state index in [1.54, 1.807) is 0 Å². The van der Waals surface area contributed by atoms with Crippen LogP contribution in [0.3, 0.4) is 0 Å². The average Bonchev–Trinajstić information content (AvgIpc) is 2.46. The van der Waals surface area contributed by atoms with Crippen molar-refractivity contribution in [2.75, 3.05) is 6.54 Å². The Hall–Kier alpha value is -2.09. The van der Waals surface area contributed by atoms with E-state index in [9.17, 15) is 4.79 Å². The van der Waals surface area contributed by atoms with Gasteiger partial charge in [-0.15, -0.1) is 0 Å². The van der Waals surface area contributed by atoms with Crippen molar-refractivity contribution in [2.45, 2.75) is 33.6 Å². The number of amides is 1. The number of nitrogens with one attached hydrogen (secondary N) is 1. The lowest BCUT2D eigenvalue weighted by Gasteiger charge is -2.08. The van der Waals surface area contributed by atoms with Gasteiger partial charge in [0.05, 0.1) is 0 Å². The van der Waals surface area contributed by atoms with E-state index < -0.39 is 0 Å². The van der Waals surface area contributed by atoms with Crippen LogP contribution in [0.25, 0.3) is 0 Å². The third-order valence-electron chi connectivity index (χ3n) is 3.72. The van der Waals surface area contributed by atoms with Crippen molar-refractivity contribution < 1.29 is 4.79 Å². The fraction of sp³-hybridized carbons (Fsp3) is 0.316. The molecule has 0 radical (unpaired) electrons. The van der Waals surface area contributed by atoms with Crippen molar-refractivity contribution in [3.05, 3.63) is 70.3 Å². The molecule has 1 N–H and O–H groups in total. The van der Waals surface area contributed by atoms with Crippen molar-refractivity contribution in [1.29, 1.82) is 0 Å². The van der Waals surface area contributed by atoms with Crippen LogP contribution < -0.4 is 5.32 Å². The van der Waals surface area contributed by atoms with E-state index in [4.69, 9.17) is 0 Å². The third kappa shape index (κ3) is 4.45. The van der Waals surface area contributed by atoms with Crippen molar-refractivity contribution in [3.63, 3.8) is 0 Å². The molecule has 21 heavy (non-hydrogen) atoms. The van der Waals surface area contributed by atoms with E-state index in [0.717, 1.165) is 18.4 Å². The number of hydrogen-bond donors (Lipinski definition) is 1. The van der Waals surface area contributed by atoms with E-state index in [1.807, 2.05) is 31.2 Å². The standard InChI is InChI=1S/C19H23NO/c1-14-6-10-18(11-7-14)19(21)20-12-4-5-17-9-8-15(2)13-16(17)3/h6-11,13H,4-5,12H2,1-3H3,(H,20,21). The molecule has 0 aliphatic rings. The van der Waals surface area contributed by atoms with Crippen molar-refractivity contribution in [1.82, 2.24) is 5.32 Å². The van der Waals surface area contributed by atoms with Gasteiger partial charge in [0.2, 0.25) is 0 Å². The van der Waals surface area contributed by atoms with Crippen LogP contribution in [0, 0.1) is 20.8 Å². The lowest BCUT2D eigenvalue weighted by atomic mass is 10.0. The molecule has 2 aromatic rings. The summed E-state index contributed by atoms with van der Waals surface area (Å²) >= 11 is 0. The molecule has 2 aromatic carbocycles. The zero-order valence-electron chi connectivity index (χ0n) is 13.1. The van der Waals surface area contributed by atoms with Gasteiger partial charge in [-0.3, -0.25) is 4.79 Å². The lowest BCUT2D eigenvalue weighted by Crippen LogP contribution is -2.24. The molecule has 0 bridgehead atoms. The maximum atomic E-state index is 12.0. The fourth-order valence-electron chi connectivity index (χ4n) is 2.41. The van der Waals surface area contributed by atoms with Crippen LogP contribution in [-0.4, -0.2) is 12.5 Å². The summed E-state index contributed by atoms with van der Waals surface area (Å²) in [5, 5.41) is 2.98. The van der Waals surface area contributed by atoms with Crippen LogP contribution >= 0.6 is 0 Å². The monoisotopic (exact) mass is 281 g/mol. The van der Waals surface area contributed by atoms with Crippen LogP contribution in [0.15, 0.2) is 42.5 Å². The summed E-state index contributed by atoms with van der Waals surface area (Å²) in [6.45, 7) is 6.98. The molecule has 0 unspecified atom stereocenters. The van der Waals surface area contributed by atoms with Gasteiger partial charge in [0, 0.05) is 12.1 Å². The Morgan fingerprint density at radius 1 is 0.952 bits per heavy atom. The molecule has 0 aliphatic heterocycles. The van der Waals surface area contributed by atoms with Gasteiger partial charge < -0.3 is 5.32 Å². The molecule has 0 saturated carbocycles. The molecule has 2 nitrogen and oxygen atoms in total. The summed E-state index contributed by atoms with van der Waals surface area (Å²) in [4.78, 5) is 12.0. The number of aryl methyl sites for hydroxylation is 4. The van der Waals surface area contributed by atoms with Crippen molar-refractivity contribution in [3.8, 4) is 0 Å². The molecule has 0 heterocycles. The van der Waals surface area contributed by atoms with Gasteiger partial charge in [-0.2, -0.15) is 0 Å². The van der Waals surface area contributed by atoms with Crippen LogP contribution in [0.1, 0.15) is 39.0 Å². The molecule has 0 aliphatic carbocycles. The second kappa shape index (κ2) is 7.07. The van der Waals surface area contributed by atoms with E-state index in [1.165, 1.54) is 22.3 Å². The van der Waals surface area contributed by atoms with Crippen LogP contribution in [0.5, 0.6) is 0 Å². The average molecular weight is 281 g/mol. The summed E-state index contributed by atoms with van der Waals surface area (Å²) in [6, 6.07) is 14.2. The van der Waals surface area contributed by atoms with Crippen molar-refractivity contribution in [2.24, 2.45) is 0 Å². The van der Waals surface area contributed by atoms with E-state index >= 15 is 0 Å². The first-order valence-corrected chi connectivity index (χ1v) is 7.47. The van der Waals surface area contributed by atoms with E-state index in [-0.39, 0.29) is 5.91 Å². The second-order valence-corrected chi connectivity index (χ2v) is 5.66. The molecule has 0 atom stereocenters. The molecule has 0 aromatic heterocycles. The summed E-state index contributed by atoms with van der Waals surface area (Å²) in [5.41, 5.74) is 5.89. The smallest absolute Gasteiger partial charge is 0.251 e. The third-order valence-corrected chi connectivity index (χ3v) is 3.72. The zero-order chi connectivity index (χ0) is 15.2. The summed E-state index contributed by atoms with van der Waals surface area (Å²) < 4.78 is 0. The Labute approximate surface area is 127 Å². The van der Waals surface area contributed by atoms with Gasteiger partial charge in [-0.05, 0) is 56.9 Å². The topological polar surface area (TPSA) is 29.1 Å². The molecule has 0 spiro atoms. The number of carbonyl (C=O) groups excluding carboxylic acids is 1. The van der Waals surface area contributed by atoms with Crippen molar-refractivity contribution >= 4 is 5.91 Å². The predicted molar refractivity (Wildman–Crippen MR) is 87.7 cm³/mol. The second-order valence-electron chi connectivity index (χ2n) is 5.66. The van der Waals surface area contributed by atoms with E-state index in [2.05, 4.69) is 37.4 Å². The molecular weight excluding hydrogens is 258 g/mol. The first-order chi connectivity index (χ1) is 10.1. The van der Waals surface area contributed by atoms with Gasteiger partial charge in [-0.1, -0.05) is 41.5 Å². The largest absolute Gasteiger partial charge is 0.352 e. The predicted octanol–water partition coefficient (Wildman–Crippen LogP) is 3.97. The molecule has 1 amide bonds. The first-order valence-electron chi connectivity index (χ1n) is 7.47. The molecule has 0 fully saturated rings. The minimum Gasteiger partial charge on any atom is -0.352 e. The van der Waals surface area contributed by atoms with Crippen LogP contribution in [0.2, 0.25) is 0 Å². The van der Waals surface area contributed by atoms with Gasteiger partial charge in [0.15, 0.2) is 0 Å². The molecular formula is C19H23NO. The van der Waals surface area contributed by atoms with Gasteiger partial charge >= 0.3 is 0 Å². The molecule has 110 valence electrons. The maximum absolute atomic E-state index is 12.0. The first kappa shape index (κ1) is 15.3. The molecule has 0 saturated heterocycles. The van der Waals surface area contributed by atoms with Crippen LogP contribution in [0.4, 0.5) is 0 Å². The molecule has 2 rings (SSSR count). The number of hydrogen-bond acceptors (Lipinski definition) is 1. The maximum Gasteiger partial charge on any atom is 0.251 e. The zero-order valence-corrected chi connectivity index (χ0v) is 13.1. The Bertz CT molecular complexity index is 614. The SMILES string of the molecule is Cc1ccc(C(=O)NCCCc2ccc(C)cc2C)cc1. The minimum absolute atomic E-state index is 0.00984.